The summed E-state index contributed by atoms with van der Waals surface area (Å²) < 4.78 is 11.1. The standard InChI is InChI=1S/C20H18N2O3S/c1-13-2-4-14(5-3-13)10-19(23)22-20-21-16(12-26-20)15-6-7-17-18(11-15)25-9-8-24-17/h2-7,11-12H,8-10H2,1H3,(H,21,22,23). The average Bonchev–Trinajstić information content (AvgIpc) is 3.11. The number of rotatable bonds is 4. The molecule has 0 saturated heterocycles. The lowest BCUT2D eigenvalue weighted by Crippen LogP contribution is -2.15. The second kappa shape index (κ2) is 7.17. The molecule has 0 unspecified atom stereocenters. The number of hydrogen-bond donors (Lipinski definition) is 1. The molecule has 5 nitrogen and oxygen atoms in total. The Morgan fingerprint density at radius 2 is 1.88 bits per heavy atom. The largest absolute Gasteiger partial charge is 0.486 e. The van der Waals surface area contributed by atoms with Crippen molar-refractivity contribution in [3.8, 4) is 22.8 Å². The van der Waals surface area contributed by atoms with Crippen molar-refractivity contribution >= 4 is 22.4 Å². The minimum Gasteiger partial charge on any atom is -0.486 e. The summed E-state index contributed by atoms with van der Waals surface area (Å²) in [4.78, 5) is 16.7. The number of ether oxygens (including phenoxy) is 2. The van der Waals surface area contributed by atoms with Gasteiger partial charge in [0.2, 0.25) is 5.91 Å². The third-order valence-corrected chi connectivity index (χ3v) is 4.83. The van der Waals surface area contributed by atoms with Gasteiger partial charge < -0.3 is 14.8 Å². The molecule has 4 rings (SSSR count). The Hall–Kier alpha value is -2.86. The van der Waals surface area contributed by atoms with Gasteiger partial charge in [0.05, 0.1) is 12.1 Å². The topological polar surface area (TPSA) is 60.5 Å². The summed E-state index contributed by atoms with van der Waals surface area (Å²) in [5.41, 5.74) is 3.90. The Balaban J connectivity index is 1.44. The molecular formula is C20H18N2O3S. The van der Waals surface area contributed by atoms with Gasteiger partial charge in [-0.2, -0.15) is 0 Å². The van der Waals surface area contributed by atoms with Crippen molar-refractivity contribution in [2.24, 2.45) is 0 Å². The molecule has 0 radical (unpaired) electrons. The second-order valence-corrected chi connectivity index (χ2v) is 6.96. The summed E-state index contributed by atoms with van der Waals surface area (Å²) in [6.07, 6.45) is 0.333. The molecule has 0 fully saturated rings. The van der Waals surface area contributed by atoms with Crippen molar-refractivity contribution in [2.75, 3.05) is 18.5 Å². The summed E-state index contributed by atoms with van der Waals surface area (Å²) in [6, 6.07) is 13.7. The van der Waals surface area contributed by atoms with Gasteiger partial charge in [-0.25, -0.2) is 4.98 Å². The molecule has 26 heavy (non-hydrogen) atoms. The molecule has 1 aromatic heterocycles. The van der Waals surface area contributed by atoms with E-state index in [9.17, 15) is 4.79 Å². The zero-order valence-corrected chi connectivity index (χ0v) is 15.1. The number of nitrogens with one attached hydrogen (secondary N) is 1. The Kier molecular flexibility index (Phi) is 4.58. The molecule has 1 aliphatic rings. The molecular weight excluding hydrogens is 348 g/mol. The van der Waals surface area contributed by atoms with Crippen LogP contribution in [0.4, 0.5) is 5.13 Å². The molecule has 0 bridgehead atoms. The smallest absolute Gasteiger partial charge is 0.230 e. The first-order valence-corrected chi connectivity index (χ1v) is 9.26. The van der Waals surface area contributed by atoms with E-state index in [0.717, 1.165) is 28.3 Å². The van der Waals surface area contributed by atoms with E-state index in [2.05, 4.69) is 10.3 Å². The number of fused-ring (bicyclic) bond motifs is 1. The highest BCUT2D eigenvalue weighted by atomic mass is 32.1. The van der Waals surface area contributed by atoms with Crippen molar-refractivity contribution < 1.29 is 14.3 Å². The van der Waals surface area contributed by atoms with Crippen LogP contribution >= 0.6 is 11.3 Å². The van der Waals surface area contributed by atoms with Crippen LogP contribution in [0.5, 0.6) is 11.5 Å². The van der Waals surface area contributed by atoms with Crippen molar-refractivity contribution in [2.45, 2.75) is 13.3 Å². The van der Waals surface area contributed by atoms with Gasteiger partial charge in [-0.3, -0.25) is 4.79 Å². The number of carbonyl (C=O) groups excluding carboxylic acids is 1. The lowest BCUT2D eigenvalue weighted by Gasteiger charge is -2.18. The Labute approximate surface area is 155 Å². The maximum absolute atomic E-state index is 12.2. The highest BCUT2D eigenvalue weighted by Crippen LogP contribution is 2.35. The lowest BCUT2D eigenvalue weighted by molar-refractivity contribution is -0.115. The van der Waals surface area contributed by atoms with Gasteiger partial charge in [0, 0.05) is 10.9 Å². The molecule has 2 aromatic carbocycles. The highest BCUT2D eigenvalue weighted by molar-refractivity contribution is 7.14. The molecule has 0 aliphatic carbocycles. The van der Waals surface area contributed by atoms with Crippen LogP contribution < -0.4 is 14.8 Å². The van der Waals surface area contributed by atoms with E-state index in [-0.39, 0.29) is 5.91 Å². The third kappa shape index (κ3) is 3.70. The summed E-state index contributed by atoms with van der Waals surface area (Å²) in [5, 5.41) is 5.38. The van der Waals surface area contributed by atoms with Gasteiger partial charge >= 0.3 is 0 Å². The Morgan fingerprint density at radius 3 is 2.69 bits per heavy atom. The Bertz CT molecular complexity index is 934. The van der Waals surface area contributed by atoms with Gasteiger partial charge in [0.15, 0.2) is 16.6 Å². The van der Waals surface area contributed by atoms with Crippen LogP contribution in [0.1, 0.15) is 11.1 Å². The van der Waals surface area contributed by atoms with Gasteiger partial charge in [-0.1, -0.05) is 29.8 Å². The SMILES string of the molecule is Cc1ccc(CC(=O)Nc2nc(-c3ccc4c(c3)OCCO4)cs2)cc1. The fraction of sp³-hybridized carbons (Fsp3) is 0.200. The number of carbonyl (C=O) groups is 1. The number of nitrogens with zero attached hydrogens (tertiary/aromatic N) is 1. The molecule has 0 spiro atoms. The molecule has 3 aromatic rings. The predicted molar refractivity (Wildman–Crippen MR) is 102 cm³/mol. The van der Waals surface area contributed by atoms with Gasteiger partial charge in [-0.15, -0.1) is 11.3 Å². The monoisotopic (exact) mass is 366 g/mol. The lowest BCUT2D eigenvalue weighted by atomic mass is 10.1. The minimum absolute atomic E-state index is 0.0723. The van der Waals surface area contributed by atoms with E-state index in [0.29, 0.717) is 24.8 Å². The van der Waals surface area contributed by atoms with Crippen molar-refractivity contribution in [1.82, 2.24) is 4.98 Å². The van der Waals surface area contributed by atoms with Crippen LogP contribution in [0.2, 0.25) is 0 Å². The fourth-order valence-corrected chi connectivity index (χ4v) is 3.46. The van der Waals surface area contributed by atoms with Crippen LogP contribution in [-0.4, -0.2) is 24.1 Å². The van der Waals surface area contributed by atoms with E-state index in [1.165, 1.54) is 16.9 Å². The van der Waals surface area contributed by atoms with E-state index < -0.39 is 0 Å². The number of benzene rings is 2. The predicted octanol–water partition coefficient (Wildman–Crippen LogP) is 4.07. The van der Waals surface area contributed by atoms with Gasteiger partial charge in [0.25, 0.3) is 0 Å². The first-order valence-electron chi connectivity index (χ1n) is 8.38. The second-order valence-electron chi connectivity index (χ2n) is 6.11. The van der Waals surface area contributed by atoms with Crippen LogP contribution in [0.25, 0.3) is 11.3 Å². The molecule has 0 saturated carbocycles. The molecule has 1 aliphatic heterocycles. The van der Waals surface area contributed by atoms with E-state index >= 15 is 0 Å². The number of aromatic nitrogens is 1. The number of aryl methyl sites for hydroxylation is 1. The Morgan fingerprint density at radius 1 is 1.12 bits per heavy atom. The number of anilines is 1. The van der Waals surface area contributed by atoms with Crippen molar-refractivity contribution in [3.63, 3.8) is 0 Å². The first kappa shape index (κ1) is 16.6. The zero-order chi connectivity index (χ0) is 17.9. The molecule has 2 heterocycles. The van der Waals surface area contributed by atoms with E-state index in [4.69, 9.17) is 9.47 Å². The van der Waals surface area contributed by atoms with E-state index in [1.807, 2.05) is 54.8 Å². The zero-order valence-electron chi connectivity index (χ0n) is 14.3. The minimum atomic E-state index is -0.0723. The van der Waals surface area contributed by atoms with Crippen molar-refractivity contribution in [1.29, 1.82) is 0 Å². The fourth-order valence-electron chi connectivity index (χ4n) is 2.72. The van der Waals surface area contributed by atoms with Gasteiger partial charge in [0.1, 0.15) is 13.2 Å². The van der Waals surface area contributed by atoms with E-state index in [1.54, 1.807) is 0 Å². The average molecular weight is 366 g/mol. The van der Waals surface area contributed by atoms with Gasteiger partial charge in [-0.05, 0) is 30.7 Å². The molecule has 6 heteroatoms. The van der Waals surface area contributed by atoms with Crippen LogP contribution in [0, 0.1) is 6.92 Å². The number of amides is 1. The molecule has 132 valence electrons. The number of thiazole rings is 1. The maximum Gasteiger partial charge on any atom is 0.230 e. The highest BCUT2D eigenvalue weighted by Gasteiger charge is 2.14. The molecule has 1 N–H and O–H groups in total. The summed E-state index contributed by atoms with van der Waals surface area (Å²) in [7, 11) is 0. The van der Waals surface area contributed by atoms with Crippen LogP contribution in [0.15, 0.2) is 47.8 Å². The third-order valence-electron chi connectivity index (χ3n) is 4.07. The van der Waals surface area contributed by atoms with Crippen molar-refractivity contribution in [3.05, 3.63) is 59.0 Å². The summed E-state index contributed by atoms with van der Waals surface area (Å²) >= 11 is 1.41. The molecule has 1 amide bonds. The maximum atomic E-state index is 12.2. The number of hydrogen-bond acceptors (Lipinski definition) is 5. The summed E-state index contributed by atoms with van der Waals surface area (Å²) in [6.45, 7) is 3.15. The normalized spacial score (nSPS) is 12.7. The first-order chi connectivity index (χ1) is 12.7. The molecule has 0 atom stereocenters. The quantitative estimate of drug-likeness (QED) is 0.756. The van der Waals surface area contributed by atoms with Crippen LogP contribution in [0.3, 0.4) is 0 Å². The van der Waals surface area contributed by atoms with Crippen LogP contribution in [-0.2, 0) is 11.2 Å². The summed E-state index contributed by atoms with van der Waals surface area (Å²) in [5.74, 6) is 1.41.